The number of hydrogen-bond donors (Lipinski definition) is 1. The van der Waals surface area contributed by atoms with E-state index in [-0.39, 0.29) is 102 Å². The molecule has 3 atom stereocenters. The largest absolute Gasteiger partial charge is 0.498 e. The van der Waals surface area contributed by atoms with Gasteiger partial charge in [-0.05, 0) is 98.6 Å². The molecular weight excluding hydrogens is 1240 g/mol. The number of rotatable bonds is 7. The first-order valence-corrected chi connectivity index (χ1v) is 30.8. The van der Waals surface area contributed by atoms with Gasteiger partial charge in [0.15, 0.2) is 0 Å². The molecule has 7 fully saturated rings. The molecule has 7 aliphatic rings. The lowest BCUT2D eigenvalue weighted by Gasteiger charge is -2.40. The molecule has 24 nitrogen and oxygen atoms in total. The molecule has 9 heterocycles. The topological polar surface area (TPSA) is 224 Å². The van der Waals surface area contributed by atoms with Crippen LogP contribution >= 0.6 is 69.6 Å². The van der Waals surface area contributed by atoms with Gasteiger partial charge in [0.2, 0.25) is 40.6 Å². The summed E-state index contributed by atoms with van der Waals surface area (Å²) in [6.07, 6.45) is 13.4. The van der Waals surface area contributed by atoms with Crippen LogP contribution in [0, 0.1) is 37.5 Å². The van der Waals surface area contributed by atoms with Crippen molar-refractivity contribution < 1.29 is 23.7 Å². The lowest BCUT2D eigenvalue weighted by atomic mass is 9.82. The summed E-state index contributed by atoms with van der Waals surface area (Å²) in [4.78, 5) is 80.3. The van der Waals surface area contributed by atoms with Crippen molar-refractivity contribution >= 4 is 129 Å². The van der Waals surface area contributed by atoms with Crippen LogP contribution in [0.25, 0.3) is 25.8 Å². The monoisotopic (exact) mass is 1310 g/mol. The van der Waals surface area contributed by atoms with Gasteiger partial charge in [0.05, 0.1) is 42.8 Å². The predicted octanol–water partition coefficient (Wildman–Crippen LogP) is 9.23. The van der Waals surface area contributed by atoms with Gasteiger partial charge in [0.25, 0.3) is 11.4 Å². The van der Waals surface area contributed by atoms with Crippen LogP contribution in [0.4, 0.5) is 29.0 Å². The first-order valence-electron chi connectivity index (χ1n) is 28.5. The first-order chi connectivity index (χ1) is 41.2. The maximum atomic E-state index is 12.4. The SMILES string of the molecule is C[C@@H]1CNCCN1C(=O)C1CC1.Cn1cc(B2OC(C)(C)C(C)(C)O2)cn1.[C-]#[N+]c1c(Cl)nc(Cl)nc1Cl.[C-]#[N+]c1c(Cl)nc(N2CCN(C(=O)C3CC3)[C@H](C)C2)nc1-c1cnn(C)c1.[C-]#[N+]c1c(Cl)nc(N2CCN(C(=O)C3CC3)[C@H](C)C2)nc1Cl. The van der Waals surface area contributed by atoms with Gasteiger partial charge in [-0.1, -0.05) is 58.0 Å². The van der Waals surface area contributed by atoms with Crippen molar-refractivity contribution in [2.45, 2.75) is 116 Å². The summed E-state index contributed by atoms with van der Waals surface area (Å²) in [6, 6.07) is 0.562. The minimum atomic E-state index is -0.302. The third kappa shape index (κ3) is 16.6. The molecule has 0 aromatic carbocycles. The Morgan fingerprint density at radius 2 is 0.966 bits per heavy atom. The second-order valence-corrected chi connectivity index (χ2v) is 25.4. The number of piperazine rings is 3. The van der Waals surface area contributed by atoms with Crippen LogP contribution in [-0.4, -0.2) is 177 Å². The van der Waals surface area contributed by atoms with Crippen LogP contribution in [-0.2, 0) is 37.8 Å². The summed E-state index contributed by atoms with van der Waals surface area (Å²) in [5.41, 5.74) is 1.93. The number of carbonyl (C=O) groups excluding carboxylic acids is 3. The zero-order chi connectivity index (χ0) is 63.2. The van der Waals surface area contributed by atoms with Crippen LogP contribution in [0.3, 0.4) is 0 Å². The molecule has 87 heavy (non-hydrogen) atoms. The number of halogens is 6. The highest BCUT2D eigenvalue weighted by atomic mass is 35.5. The van der Waals surface area contributed by atoms with E-state index in [1.807, 2.05) is 86.3 Å². The maximum Gasteiger partial charge on any atom is 0.498 e. The smallest absolute Gasteiger partial charge is 0.399 e. The van der Waals surface area contributed by atoms with Crippen molar-refractivity contribution in [3.63, 3.8) is 0 Å². The number of aromatic nitrogens is 10. The number of nitrogens with one attached hydrogen (secondary N) is 1. The van der Waals surface area contributed by atoms with Gasteiger partial charge in [0, 0.05) is 138 Å². The number of aryl methyl sites for hydroxylation is 2. The third-order valence-corrected chi connectivity index (χ3v) is 17.4. The van der Waals surface area contributed by atoms with Gasteiger partial charge < -0.3 is 39.1 Å². The second-order valence-electron chi connectivity index (χ2n) is 23.2. The van der Waals surface area contributed by atoms with E-state index in [1.54, 1.807) is 28.0 Å². The molecule has 0 bridgehead atoms. The highest BCUT2D eigenvalue weighted by molar-refractivity contribution is 6.62. The quantitative estimate of drug-likeness (QED) is 0.0694. The fourth-order valence-corrected chi connectivity index (χ4v) is 11.2. The number of hydrogen-bond acceptors (Lipinski definition) is 16. The van der Waals surface area contributed by atoms with E-state index in [1.165, 1.54) is 0 Å². The Bertz CT molecular complexity index is 3410. The van der Waals surface area contributed by atoms with E-state index in [4.69, 9.17) is 98.6 Å². The minimum absolute atomic E-state index is 0.0231. The van der Waals surface area contributed by atoms with Crippen LogP contribution in [0.5, 0.6) is 0 Å². The molecule has 5 aromatic heterocycles. The Kier molecular flexibility index (Phi) is 21.9. The number of amides is 3. The maximum absolute atomic E-state index is 12.4. The lowest BCUT2D eigenvalue weighted by Crippen LogP contribution is -2.55. The Morgan fingerprint density at radius 1 is 0.563 bits per heavy atom. The van der Waals surface area contributed by atoms with Crippen molar-refractivity contribution in [3.05, 3.63) is 90.1 Å². The molecule has 4 saturated heterocycles. The van der Waals surface area contributed by atoms with Crippen molar-refractivity contribution in [2.75, 3.05) is 68.7 Å². The molecule has 0 unspecified atom stereocenters. The summed E-state index contributed by atoms with van der Waals surface area (Å²) >= 11 is 34.6. The number of anilines is 2. The average molecular weight is 1310 g/mol. The van der Waals surface area contributed by atoms with E-state index in [0.717, 1.165) is 69.2 Å². The zero-order valence-corrected chi connectivity index (χ0v) is 54.4. The molecule has 3 saturated carbocycles. The molecule has 5 aromatic rings. The van der Waals surface area contributed by atoms with Gasteiger partial charge in [-0.3, -0.25) is 23.7 Å². The lowest BCUT2D eigenvalue weighted by molar-refractivity contribution is -0.136. The van der Waals surface area contributed by atoms with Crippen molar-refractivity contribution in [1.82, 2.24) is 69.5 Å². The van der Waals surface area contributed by atoms with Crippen LogP contribution in [0.1, 0.15) is 87.0 Å². The van der Waals surface area contributed by atoms with Crippen LogP contribution in [0.15, 0.2) is 24.8 Å². The standard InChI is InChI=1S/C18H20ClN7O.C14H15Cl2N5O.C10H17BN2O2.C9H16N2O.C5Cl3N3/c1-11-9-25(6-7-26(11)17(27)12-4-5-12)18-22-14(13-8-21-24(3)10-13)15(20-2)16(19)23-18;1-8-7-20(5-6-21(8)13(22)9-3-4-9)14-18-11(15)10(17-2)12(16)19-14;1-9(2)10(3,4)15-11(14-9)8-6-12-13(5)7-8;1-7-6-10-4-5-11(7)9(12)8-2-3-8;1-9-2-3(6)10-5(8)11-4(2)7/h8,10-12H,4-7,9H2,1,3H3;8-9H,3-7H2,1H3;6-7H,1-5H3;7-8,10H,2-6H2,1H3;/t11-;8-;;7-;/m11.1./s1. The van der Waals surface area contributed by atoms with E-state index < -0.39 is 0 Å². The van der Waals surface area contributed by atoms with Crippen LogP contribution in [0.2, 0.25) is 31.0 Å². The fourth-order valence-electron chi connectivity index (χ4n) is 9.83. The Morgan fingerprint density at radius 3 is 1.34 bits per heavy atom. The molecule has 31 heteroatoms. The second kappa shape index (κ2) is 28.5. The molecule has 1 N–H and O–H groups in total. The van der Waals surface area contributed by atoms with E-state index in [9.17, 15) is 14.4 Å². The van der Waals surface area contributed by atoms with Crippen LogP contribution < -0.4 is 20.6 Å². The highest BCUT2D eigenvalue weighted by Gasteiger charge is 2.52. The molecule has 4 aliphatic heterocycles. The summed E-state index contributed by atoms with van der Waals surface area (Å²) in [6.45, 7) is 42.1. The molecule has 3 aliphatic carbocycles. The Balaban J connectivity index is 0.000000147. The fraction of sp³-hybridized carbons (Fsp3) is 0.571. The van der Waals surface area contributed by atoms with Gasteiger partial charge >= 0.3 is 7.12 Å². The van der Waals surface area contributed by atoms with Crippen molar-refractivity contribution in [1.29, 1.82) is 0 Å². The predicted molar refractivity (Wildman–Crippen MR) is 335 cm³/mol. The number of carbonyl (C=O) groups is 3. The summed E-state index contributed by atoms with van der Waals surface area (Å²) < 4.78 is 15.2. The molecule has 3 amide bonds. The molecule has 0 radical (unpaired) electrons. The molecule has 0 spiro atoms. The van der Waals surface area contributed by atoms with Gasteiger partial charge in [-0.15, -0.1) is 0 Å². The molecular formula is C56H68BCl6N19O5. The number of nitrogens with zero attached hydrogens (tertiary/aromatic N) is 18. The van der Waals surface area contributed by atoms with Gasteiger partial charge in [-0.25, -0.2) is 44.4 Å². The van der Waals surface area contributed by atoms with Crippen molar-refractivity contribution in [2.24, 2.45) is 31.8 Å². The Hall–Kier alpha value is -6.18. The van der Waals surface area contributed by atoms with Crippen molar-refractivity contribution in [3.8, 4) is 11.3 Å². The summed E-state index contributed by atoms with van der Waals surface area (Å²) in [7, 11) is 3.39. The zero-order valence-electron chi connectivity index (χ0n) is 49.8. The van der Waals surface area contributed by atoms with E-state index in [2.05, 4.69) is 66.9 Å². The average Bonchev–Trinajstić information content (AvgIpc) is 2.45. The summed E-state index contributed by atoms with van der Waals surface area (Å²) in [5, 5.41) is 11.7. The highest BCUT2D eigenvalue weighted by Crippen LogP contribution is 2.40. The first kappa shape index (κ1) is 66.8. The van der Waals surface area contributed by atoms with E-state index >= 15 is 0 Å². The third-order valence-electron chi connectivity index (χ3n) is 15.9. The van der Waals surface area contributed by atoms with Gasteiger partial charge in [0.1, 0.15) is 25.8 Å². The summed E-state index contributed by atoms with van der Waals surface area (Å²) in [5.74, 6) is 2.64. The van der Waals surface area contributed by atoms with Gasteiger partial charge in [-0.2, -0.15) is 10.2 Å². The minimum Gasteiger partial charge on any atom is -0.399 e. The normalized spacial score (nSPS) is 21.0. The molecule has 462 valence electrons. The molecule has 12 rings (SSSR count). The Labute approximate surface area is 537 Å². The van der Waals surface area contributed by atoms with E-state index in [0.29, 0.717) is 74.7 Å².